The second-order valence-electron chi connectivity index (χ2n) is 10.4. The lowest BCUT2D eigenvalue weighted by Crippen LogP contribution is -2.54. The fourth-order valence-corrected chi connectivity index (χ4v) is 7.91. The smallest absolute Gasteiger partial charge is 0.302 e. The van der Waals surface area contributed by atoms with Crippen molar-refractivity contribution in [3.8, 4) is 0 Å². The van der Waals surface area contributed by atoms with Gasteiger partial charge in [0, 0.05) is 19.3 Å². The van der Waals surface area contributed by atoms with E-state index >= 15 is 0 Å². The fraction of sp³-hybridized carbons (Fsp3) is 0.913. The van der Waals surface area contributed by atoms with E-state index < -0.39 is 0 Å². The lowest BCUT2D eigenvalue weighted by atomic mass is 9.45. The van der Waals surface area contributed by atoms with E-state index in [0.717, 1.165) is 31.1 Å². The largest absolute Gasteiger partial charge is 0.463 e. The first-order valence-corrected chi connectivity index (χ1v) is 11.1. The van der Waals surface area contributed by atoms with Crippen molar-refractivity contribution < 1.29 is 19.1 Å². The molecule has 0 heterocycles. The predicted molar refractivity (Wildman–Crippen MR) is 103 cm³/mol. The number of hydrogen-bond acceptors (Lipinski definition) is 4. The van der Waals surface area contributed by atoms with Gasteiger partial charge in [0.05, 0.1) is 0 Å². The minimum atomic E-state index is -0.131. The van der Waals surface area contributed by atoms with E-state index in [1.807, 2.05) is 0 Å². The summed E-state index contributed by atoms with van der Waals surface area (Å²) in [5.41, 5.74) is 0.561. The Bertz CT molecular complexity index is 615. The van der Waals surface area contributed by atoms with Gasteiger partial charge >= 0.3 is 11.9 Å². The maximum absolute atomic E-state index is 11.6. The number of rotatable bonds is 2. The van der Waals surface area contributed by atoms with Gasteiger partial charge in [0.2, 0.25) is 0 Å². The lowest BCUT2D eigenvalue weighted by molar-refractivity contribution is -0.167. The van der Waals surface area contributed by atoms with E-state index in [4.69, 9.17) is 9.47 Å². The van der Waals surface area contributed by atoms with Crippen LogP contribution in [0.5, 0.6) is 0 Å². The number of carbonyl (C=O) groups excluding carboxylic acids is 2. The Hall–Kier alpha value is -1.06. The number of ether oxygens (including phenoxy) is 2. The normalized spacial score (nSPS) is 48.7. The third-order valence-corrected chi connectivity index (χ3v) is 9.17. The summed E-state index contributed by atoms with van der Waals surface area (Å²) in [4.78, 5) is 23.0. The predicted octanol–water partition coefficient (Wildman–Crippen LogP) is 4.89. The molecule has 0 aliphatic heterocycles. The van der Waals surface area contributed by atoms with Crippen LogP contribution >= 0.6 is 0 Å². The van der Waals surface area contributed by atoms with Crippen molar-refractivity contribution in [3.63, 3.8) is 0 Å². The lowest BCUT2D eigenvalue weighted by Gasteiger charge is -2.60. The molecule has 0 aromatic rings. The van der Waals surface area contributed by atoms with Crippen LogP contribution in [0.2, 0.25) is 0 Å². The molecule has 152 valence electrons. The zero-order valence-electron chi connectivity index (χ0n) is 17.5. The highest BCUT2D eigenvalue weighted by Crippen LogP contribution is 2.66. The molecule has 4 nitrogen and oxygen atoms in total. The molecule has 0 aromatic heterocycles. The SMILES string of the molecule is CC(=O)OC1CC[C@@]2(C)C(CC[C@@H]3[C@H]2CC[C@]2(C)C(OC(C)=O)CC[C@@H]32)C1. The molecule has 4 aliphatic carbocycles. The maximum Gasteiger partial charge on any atom is 0.302 e. The number of carbonyl (C=O) groups is 2. The first-order valence-electron chi connectivity index (χ1n) is 11.1. The molecule has 0 bridgehead atoms. The highest BCUT2D eigenvalue weighted by Gasteiger charge is 2.61. The van der Waals surface area contributed by atoms with Gasteiger partial charge in [-0.25, -0.2) is 0 Å². The van der Waals surface area contributed by atoms with Crippen LogP contribution in [0.4, 0.5) is 0 Å². The van der Waals surface area contributed by atoms with Crippen molar-refractivity contribution in [2.75, 3.05) is 0 Å². The molecule has 8 atom stereocenters. The maximum atomic E-state index is 11.6. The average molecular weight is 377 g/mol. The first kappa shape index (κ1) is 19.3. The van der Waals surface area contributed by atoms with Crippen LogP contribution in [-0.2, 0) is 19.1 Å². The zero-order chi connectivity index (χ0) is 19.4. The highest BCUT2D eigenvalue weighted by molar-refractivity contribution is 5.66. The van der Waals surface area contributed by atoms with E-state index in [2.05, 4.69) is 13.8 Å². The quantitative estimate of drug-likeness (QED) is 0.644. The molecule has 4 rings (SSSR count). The topological polar surface area (TPSA) is 52.6 Å². The van der Waals surface area contributed by atoms with Gasteiger partial charge < -0.3 is 9.47 Å². The summed E-state index contributed by atoms with van der Waals surface area (Å²) in [5.74, 6) is 2.69. The van der Waals surface area contributed by atoms with Crippen LogP contribution < -0.4 is 0 Å². The zero-order valence-corrected chi connectivity index (χ0v) is 17.5. The Labute approximate surface area is 163 Å². The molecular formula is C23H36O4. The minimum Gasteiger partial charge on any atom is -0.463 e. The van der Waals surface area contributed by atoms with Gasteiger partial charge in [-0.3, -0.25) is 9.59 Å². The Morgan fingerprint density at radius 2 is 1.44 bits per heavy atom. The summed E-state index contributed by atoms with van der Waals surface area (Å²) in [6.45, 7) is 8.00. The minimum absolute atomic E-state index is 0.117. The first-order chi connectivity index (χ1) is 12.7. The second kappa shape index (κ2) is 6.77. The van der Waals surface area contributed by atoms with Gasteiger partial charge in [0.15, 0.2) is 0 Å². The standard InChI is InChI=1S/C23H36O4/c1-14(24)26-17-9-11-22(3)16(13-17)5-6-18-19-7-8-21(27-15(2)25)23(19,4)12-10-20(18)22/h16-21H,5-13H2,1-4H3/t16?,17?,18-,19-,20+,21?,22-,23-/m0/s1. The van der Waals surface area contributed by atoms with Crippen molar-refractivity contribution in [2.24, 2.45) is 34.5 Å². The van der Waals surface area contributed by atoms with Crippen LogP contribution in [0.3, 0.4) is 0 Å². The Balaban J connectivity index is 1.51. The Kier molecular flexibility index (Phi) is 4.83. The van der Waals surface area contributed by atoms with Crippen molar-refractivity contribution >= 4 is 11.9 Å². The molecule has 0 N–H and O–H groups in total. The van der Waals surface area contributed by atoms with Gasteiger partial charge in [-0.05, 0) is 86.9 Å². The molecule has 4 heteroatoms. The molecule has 0 radical (unpaired) electrons. The third-order valence-electron chi connectivity index (χ3n) is 9.17. The Morgan fingerprint density at radius 3 is 2.15 bits per heavy atom. The number of fused-ring (bicyclic) bond motifs is 5. The fourth-order valence-electron chi connectivity index (χ4n) is 7.91. The summed E-state index contributed by atoms with van der Waals surface area (Å²) in [6, 6.07) is 0. The molecule has 0 aromatic carbocycles. The third kappa shape index (κ3) is 3.11. The van der Waals surface area contributed by atoms with E-state index in [-0.39, 0.29) is 29.6 Å². The van der Waals surface area contributed by atoms with Crippen LogP contribution in [-0.4, -0.2) is 24.1 Å². The van der Waals surface area contributed by atoms with Gasteiger partial charge in [-0.15, -0.1) is 0 Å². The summed E-state index contributed by atoms with van der Waals surface area (Å²) in [6.07, 6.45) is 10.8. The van der Waals surface area contributed by atoms with E-state index in [1.54, 1.807) is 6.92 Å². The molecule has 3 unspecified atom stereocenters. The highest BCUT2D eigenvalue weighted by atomic mass is 16.5. The van der Waals surface area contributed by atoms with Gasteiger partial charge in [0.25, 0.3) is 0 Å². The molecule has 0 amide bonds. The average Bonchev–Trinajstić information content (AvgIpc) is 2.91. The number of hydrogen-bond donors (Lipinski definition) is 0. The molecular weight excluding hydrogens is 340 g/mol. The summed E-state index contributed by atoms with van der Waals surface area (Å²) in [7, 11) is 0. The Morgan fingerprint density at radius 1 is 0.778 bits per heavy atom. The van der Waals surface area contributed by atoms with Gasteiger partial charge in [0.1, 0.15) is 12.2 Å². The molecule has 0 saturated heterocycles. The molecule has 0 spiro atoms. The van der Waals surface area contributed by atoms with E-state index in [0.29, 0.717) is 17.3 Å². The summed E-state index contributed by atoms with van der Waals surface area (Å²) < 4.78 is 11.3. The van der Waals surface area contributed by atoms with Gasteiger partial charge in [-0.1, -0.05) is 13.8 Å². The molecule has 4 fully saturated rings. The van der Waals surface area contributed by atoms with E-state index in [9.17, 15) is 9.59 Å². The molecule has 4 aliphatic rings. The van der Waals surface area contributed by atoms with Crippen LogP contribution in [0, 0.1) is 34.5 Å². The van der Waals surface area contributed by atoms with Crippen LogP contribution in [0.25, 0.3) is 0 Å². The van der Waals surface area contributed by atoms with Crippen molar-refractivity contribution in [1.29, 1.82) is 0 Å². The molecule has 4 saturated carbocycles. The molecule has 27 heavy (non-hydrogen) atoms. The monoisotopic (exact) mass is 376 g/mol. The van der Waals surface area contributed by atoms with Crippen LogP contribution in [0.1, 0.15) is 85.5 Å². The number of esters is 2. The summed E-state index contributed by atoms with van der Waals surface area (Å²) >= 11 is 0. The van der Waals surface area contributed by atoms with E-state index in [1.165, 1.54) is 45.4 Å². The van der Waals surface area contributed by atoms with Crippen LogP contribution in [0.15, 0.2) is 0 Å². The van der Waals surface area contributed by atoms with Gasteiger partial charge in [-0.2, -0.15) is 0 Å². The van der Waals surface area contributed by atoms with Crippen molar-refractivity contribution in [3.05, 3.63) is 0 Å². The second-order valence-corrected chi connectivity index (χ2v) is 10.4. The van der Waals surface area contributed by atoms with Crippen molar-refractivity contribution in [2.45, 2.75) is 97.7 Å². The van der Waals surface area contributed by atoms with Crippen molar-refractivity contribution in [1.82, 2.24) is 0 Å². The summed E-state index contributed by atoms with van der Waals surface area (Å²) in [5, 5.41) is 0.